The molecule has 0 aliphatic rings. The summed E-state index contributed by atoms with van der Waals surface area (Å²) in [5.41, 5.74) is 1.10. The number of ketones is 1. The van der Waals surface area contributed by atoms with Crippen LogP contribution in [0.4, 0.5) is 0 Å². The van der Waals surface area contributed by atoms with Crippen molar-refractivity contribution in [2.45, 2.75) is 19.3 Å². The van der Waals surface area contributed by atoms with Gasteiger partial charge in [-0.25, -0.2) is 0 Å². The molecule has 0 radical (unpaired) electrons. The fourth-order valence-electron chi connectivity index (χ4n) is 1.92. The van der Waals surface area contributed by atoms with E-state index in [1.165, 1.54) is 0 Å². The third kappa shape index (κ3) is 2.81. The fraction of sp³-hybridized carbons (Fsp3) is 0.176. The number of hydrogen-bond acceptors (Lipinski definition) is 2. The Labute approximate surface area is 123 Å². The summed E-state index contributed by atoms with van der Waals surface area (Å²) < 4.78 is 0. The van der Waals surface area contributed by atoms with Gasteiger partial charge in [-0.05, 0) is 37.1 Å². The lowest BCUT2D eigenvalue weighted by atomic mass is 9.84. The van der Waals surface area contributed by atoms with Crippen LogP contribution in [-0.4, -0.2) is 11.0 Å². The van der Waals surface area contributed by atoms with E-state index >= 15 is 0 Å². The van der Waals surface area contributed by atoms with Gasteiger partial charge < -0.3 is 0 Å². The zero-order valence-corrected chi connectivity index (χ0v) is 12.1. The number of rotatable bonds is 4. The summed E-state index contributed by atoms with van der Waals surface area (Å²) in [4.78, 5) is 23.9. The highest BCUT2D eigenvalue weighted by Crippen LogP contribution is 2.27. The summed E-state index contributed by atoms with van der Waals surface area (Å²) in [5.74, 6) is -0.0646. The molecule has 0 heterocycles. The summed E-state index contributed by atoms with van der Waals surface area (Å²) in [5, 5.41) is -0.443. The van der Waals surface area contributed by atoms with Crippen LogP contribution in [0.2, 0.25) is 0 Å². The summed E-state index contributed by atoms with van der Waals surface area (Å²) in [6, 6.07) is 16.1. The van der Waals surface area contributed by atoms with Gasteiger partial charge in [0.25, 0.3) is 0 Å². The molecule has 0 fully saturated rings. The van der Waals surface area contributed by atoms with Crippen molar-refractivity contribution in [3.05, 3.63) is 71.3 Å². The maximum absolute atomic E-state index is 12.4. The van der Waals surface area contributed by atoms with Crippen LogP contribution >= 0.6 is 11.6 Å². The van der Waals surface area contributed by atoms with E-state index in [-0.39, 0.29) is 5.78 Å². The molecule has 0 atom stereocenters. The first-order valence-electron chi connectivity index (χ1n) is 6.33. The minimum absolute atomic E-state index is 0.0646. The first-order valence-corrected chi connectivity index (χ1v) is 6.71. The Hall–Kier alpha value is -1.93. The molecule has 3 heteroatoms. The predicted octanol–water partition coefficient (Wildman–Crippen LogP) is 3.96. The average Bonchev–Trinajstić information content (AvgIpc) is 2.47. The Morgan fingerprint density at radius 2 is 1.50 bits per heavy atom. The lowest BCUT2D eigenvalue weighted by Gasteiger charge is -2.20. The molecule has 2 aromatic carbocycles. The van der Waals surface area contributed by atoms with Crippen molar-refractivity contribution in [3.8, 4) is 0 Å². The van der Waals surface area contributed by atoms with Crippen LogP contribution in [0.15, 0.2) is 54.6 Å². The fourth-order valence-corrected chi connectivity index (χ4v) is 2.03. The Morgan fingerprint density at radius 1 is 0.900 bits per heavy atom. The number of carbonyl (C=O) groups is 2. The molecule has 0 amide bonds. The van der Waals surface area contributed by atoms with Gasteiger partial charge in [-0.2, -0.15) is 0 Å². The molecule has 0 bridgehead atoms. The second-order valence-electron chi connectivity index (χ2n) is 5.17. The molecule has 20 heavy (non-hydrogen) atoms. The van der Waals surface area contributed by atoms with Gasteiger partial charge in [0.05, 0.1) is 5.41 Å². The van der Waals surface area contributed by atoms with Crippen molar-refractivity contribution in [1.82, 2.24) is 0 Å². The third-order valence-electron chi connectivity index (χ3n) is 3.37. The van der Waals surface area contributed by atoms with Crippen LogP contribution < -0.4 is 0 Å². The lowest BCUT2D eigenvalue weighted by Crippen LogP contribution is -2.25. The first kappa shape index (κ1) is 14.5. The summed E-state index contributed by atoms with van der Waals surface area (Å²) in [7, 11) is 0. The van der Waals surface area contributed by atoms with Crippen molar-refractivity contribution in [3.63, 3.8) is 0 Å². The molecule has 0 saturated carbocycles. The Balaban J connectivity index is 2.41. The highest BCUT2D eigenvalue weighted by atomic mass is 35.5. The molecule has 2 nitrogen and oxygen atoms in total. The van der Waals surface area contributed by atoms with Crippen LogP contribution in [0.3, 0.4) is 0 Å². The van der Waals surface area contributed by atoms with Crippen molar-refractivity contribution in [2.75, 3.05) is 0 Å². The predicted molar refractivity (Wildman–Crippen MR) is 80.2 cm³/mol. The van der Waals surface area contributed by atoms with E-state index in [0.717, 1.165) is 5.56 Å². The van der Waals surface area contributed by atoms with Crippen molar-refractivity contribution >= 4 is 22.6 Å². The first-order chi connectivity index (χ1) is 9.43. The second-order valence-corrected chi connectivity index (χ2v) is 5.52. The van der Waals surface area contributed by atoms with Crippen LogP contribution in [0.5, 0.6) is 0 Å². The number of halogens is 1. The molecule has 0 N–H and O–H groups in total. The van der Waals surface area contributed by atoms with Crippen molar-refractivity contribution in [2.24, 2.45) is 0 Å². The number of carbonyl (C=O) groups excluding carboxylic acids is 2. The summed E-state index contributed by atoms with van der Waals surface area (Å²) in [6.07, 6.45) is 0. The largest absolute Gasteiger partial charge is 0.289 e. The Kier molecular flexibility index (Phi) is 4.05. The zero-order valence-electron chi connectivity index (χ0n) is 11.4. The van der Waals surface area contributed by atoms with E-state index < -0.39 is 10.7 Å². The SMILES string of the molecule is CC(C)(C(=O)Cl)c1cccc(C(=O)c2ccccc2)c1. The molecule has 102 valence electrons. The number of benzene rings is 2. The van der Waals surface area contributed by atoms with Gasteiger partial charge in [0.2, 0.25) is 5.24 Å². The monoisotopic (exact) mass is 286 g/mol. The molecule has 2 aromatic rings. The van der Waals surface area contributed by atoms with E-state index in [4.69, 9.17) is 11.6 Å². The summed E-state index contributed by atoms with van der Waals surface area (Å²) in [6.45, 7) is 3.49. The van der Waals surface area contributed by atoms with Gasteiger partial charge >= 0.3 is 0 Å². The van der Waals surface area contributed by atoms with Crippen molar-refractivity contribution < 1.29 is 9.59 Å². The molecular weight excluding hydrogens is 272 g/mol. The van der Waals surface area contributed by atoms with Gasteiger partial charge in [0, 0.05) is 11.1 Å². The molecule has 0 spiro atoms. The molecule has 0 saturated heterocycles. The molecule has 0 aliphatic carbocycles. The molecular formula is C17H15ClO2. The van der Waals surface area contributed by atoms with Crippen molar-refractivity contribution in [1.29, 1.82) is 0 Å². The van der Waals surface area contributed by atoms with Crippen LogP contribution in [-0.2, 0) is 10.2 Å². The summed E-state index contributed by atoms with van der Waals surface area (Å²) >= 11 is 5.63. The van der Waals surface area contributed by atoms with Crippen LogP contribution in [0.25, 0.3) is 0 Å². The average molecular weight is 287 g/mol. The quantitative estimate of drug-likeness (QED) is 0.630. The van der Waals surface area contributed by atoms with Crippen LogP contribution in [0.1, 0.15) is 35.3 Å². The zero-order chi connectivity index (χ0) is 14.8. The standard InChI is InChI=1S/C17H15ClO2/c1-17(2,16(18)20)14-10-6-9-13(11-14)15(19)12-7-4-3-5-8-12/h3-11H,1-2H3. The highest BCUT2D eigenvalue weighted by molar-refractivity contribution is 6.65. The topological polar surface area (TPSA) is 34.1 Å². The van der Waals surface area contributed by atoms with E-state index in [1.807, 2.05) is 24.3 Å². The minimum Gasteiger partial charge on any atom is -0.289 e. The third-order valence-corrected chi connectivity index (χ3v) is 3.85. The lowest BCUT2D eigenvalue weighted by molar-refractivity contribution is -0.115. The normalized spacial score (nSPS) is 11.2. The second kappa shape index (κ2) is 5.59. The van der Waals surface area contributed by atoms with Gasteiger partial charge in [0.15, 0.2) is 5.78 Å². The molecule has 0 aromatic heterocycles. The molecule has 2 rings (SSSR count). The van der Waals surface area contributed by atoms with Gasteiger partial charge in [0.1, 0.15) is 0 Å². The highest BCUT2D eigenvalue weighted by Gasteiger charge is 2.28. The molecule has 0 unspecified atom stereocenters. The Morgan fingerprint density at radius 3 is 2.10 bits per heavy atom. The van der Waals surface area contributed by atoms with E-state index in [2.05, 4.69) is 0 Å². The maximum atomic E-state index is 12.4. The maximum Gasteiger partial charge on any atom is 0.231 e. The van der Waals surface area contributed by atoms with Gasteiger partial charge in [-0.1, -0.05) is 48.5 Å². The Bertz CT molecular complexity index is 645. The van der Waals surface area contributed by atoms with Crippen LogP contribution in [0, 0.1) is 0 Å². The molecule has 0 aliphatic heterocycles. The van der Waals surface area contributed by atoms with E-state index in [0.29, 0.717) is 11.1 Å². The number of hydrogen-bond donors (Lipinski definition) is 0. The minimum atomic E-state index is -0.811. The van der Waals surface area contributed by atoms with E-state index in [9.17, 15) is 9.59 Å². The van der Waals surface area contributed by atoms with E-state index in [1.54, 1.807) is 44.2 Å². The smallest absolute Gasteiger partial charge is 0.231 e. The van der Waals surface area contributed by atoms with Gasteiger partial charge in [-0.3, -0.25) is 9.59 Å². The van der Waals surface area contributed by atoms with Gasteiger partial charge in [-0.15, -0.1) is 0 Å².